The zero-order chi connectivity index (χ0) is 14.8. The van der Waals surface area contributed by atoms with Crippen LogP contribution in [0.25, 0.3) is 6.08 Å². The van der Waals surface area contributed by atoms with Crippen LogP contribution in [0.15, 0.2) is 36.4 Å². The van der Waals surface area contributed by atoms with Crippen molar-refractivity contribution in [2.24, 2.45) is 0 Å². The minimum Gasteiger partial charge on any atom is -0.351 e. The molecule has 0 aliphatic heterocycles. The topological polar surface area (TPSA) is 82.0 Å². The van der Waals surface area contributed by atoms with Gasteiger partial charge in [0.25, 0.3) is 0 Å². The number of nitriles is 1. The maximum atomic E-state index is 11.5. The average molecular weight is 271 g/mol. The first-order valence-corrected chi connectivity index (χ1v) is 6.29. The Labute approximate surface area is 118 Å². The van der Waals surface area contributed by atoms with Gasteiger partial charge in [-0.15, -0.1) is 0 Å². The monoisotopic (exact) mass is 271 g/mol. The van der Waals surface area contributed by atoms with E-state index >= 15 is 0 Å². The summed E-state index contributed by atoms with van der Waals surface area (Å²) in [5.74, 6) is -0.647. The van der Waals surface area contributed by atoms with Crippen LogP contribution in [0.5, 0.6) is 0 Å². The molecule has 0 aliphatic carbocycles. The molecule has 5 heteroatoms. The van der Waals surface area contributed by atoms with Crippen LogP contribution in [0.3, 0.4) is 0 Å². The molecular weight excluding hydrogens is 254 g/mol. The number of carbonyl (C=O) groups is 2. The molecule has 2 amide bonds. The third-order valence-electron chi connectivity index (χ3n) is 2.45. The molecule has 20 heavy (non-hydrogen) atoms. The Kier molecular flexibility index (Phi) is 6.55. The number of hydrogen-bond donors (Lipinski definition) is 2. The highest BCUT2D eigenvalue weighted by Gasteiger charge is 2.07. The zero-order valence-corrected chi connectivity index (χ0v) is 11.3. The third-order valence-corrected chi connectivity index (χ3v) is 2.45. The predicted octanol–water partition coefficient (Wildman–Crippen LogP) is 1.23. The minimum absolute atomic E-state index is 0.103. The van der Waals surface area contributed by atoms with Crippen molar-refractivity contribution < 1.29 is 9.59 Å². The lowest BCUT2D eigenvalue weighted by Crippen LogP contribution is -2.40. The number of hydrogen-bond acceptors (Lipinski definition) is 3. The molecule has 1 aromatic carbocycles. The van der Waals surface area contributed by atoms with Crippen molar-refractivity contribution in [3.63, 3.8) is 0 Å². The van der Waals surface area contributed by atoms with Gasteiger partial charge in [0.1, 0.15) is 0 Å². The van der Waals surface area contributed by atoms with Crippen LogP contribution in [-0.2, 0) is 9.59 Å². The van der Waals surface area contributed by atoms with Crippen LogP contribution < -0.4 is 10.6 Å². The lowest BCUT2D eigenvalue weighted by Gasteiger charge is -2.10. The summed E-state index contributed by atoms with van der Waals surface area (Å²) < 4.78 is 0. The summed E-state index contributed by atoms with van der Waals surface area (Å²) in [6.07, 6.45) is 3.29. The molecule has 0 bridgehead atoms. The zero-order valence-electron chi connectivity index (χ0n) is 11.3. The summed E-state index contributed by atoms with van der Waals surface area (Å²) in [6, 6.07) is 11.1. The Morgan fingerprint density at radius 1 is 1.35 bits per heavy atom. The molecule has 0 saturated carbocycles. The summed E-state index contributed by atoms with van der Waals surface area (Å²) in [5, 5.41) is 13.6. The second-order valence-corrected chi connectivity index (χ2v) is 4.29. The van der Waals surface area contributed by atoms with Gasteiger partial charge < -0.3 is 10.6 Å². The van der Waals surface area contributed by atoms with Crippen molar-refractivity contribution in [3.05, 3.63) is 42.0 Å². The summed E-state index contributed by atoms with van der Waals surface area (Å²) in [7, 11) is 0. The maximum absolute atomic E-state index is 11.5. The highest BCUT2D eigenvalue weighted by molar-refractivity contribution is 5.94. The summed E-state index contributed by atoms with van der Waals surface area (Å²) in [5.41, 5.74) is 0.912. The van der Waals surface area contributed by atoms with Crippen molar-refractivity contribution >= 4 is 17.9 Å². The number of carbonyl (C=O) groups excluding carboxylic acids is 2. The van der Waals surface area contributed by atoms with Crippen molar-refractivity contribution in [2.75, 3.05) is 6.54 Å². The van der Waals surface area contributed by atoms with E-state index in [1.165, 1.54) is 6.08 Å². The molecule has 0 heterocycles. The molecule has 0 unspecified atom stereocenters. The van der Waals surface area contributed by atoms with Crippen molar-refractivity contribution in [3.8, 4) is 6.07 Å². The predicted molar refractivity (Wildman–Crippen MR) is 76.3 cm³/mol. The second kappa shape index (κ2) is 8.48. The van der Waals surface area contributed by atoms with E-state index in [-0.39, 0.29) is 30.8 Å². The Bertz CT molecular complexity index is 518. The van der Waals surface area contributed by atoms with Gasteiger partial charge >= 0.3 is 0 Å². The number of rotatable bonds is 6. The fourth-order valence-corrected chi connectivity index (χ4v) is 1.48. The summed E-state index contributed by atoms with van der Waals surface area (Å²) >= 11 is 0. The molecule has 0 spiro atoms. The van der Waals surface area contributed by atoms with Gasteiger partial charge in [0.05, 0.1) is 19.0 Å². The second-order valence-electron chi connectivity index (χ2n) is 4.29. The molecule has 0 fully saturated rings. The first-order valence-electron chi connectivity index (χ1n) is 6.29. The van der Waals surface area contributed by atoms with Gasteiger partial charge in [-0.25, -0.2) is 0 Å². The Hall–Kier alpha value is -2.61. The molecule has 5 nitrogen and oxygen atoms in total. The summed E-state index contributed by atoms with van der Waals surface area (Å²) in [4.78, 5) is 22.9. The summed E-state index contributed by atoms with van der Waals surface area (Å²) in [6.45, 7) is 1.63. The van der Waals surface area contributed by atoms with Gasteiger partial charge in [-0.1, -0.05) is 30.3 Å². The van der Waals surface area contributed by atoms with E-state index in [0.29, 0.717) is 0 Å². The Morgan fingerprint density at radius 3 is 2.70 bits per heavy atom. The Morgan fingerprint density at radius 2 is 2.05 bits per heavy atom. The van der Waals surface area contributed by atoms with Crippen molar-refractivity contribution in [1.82, 2.24) is 10.6 Å². The van der Waals surface area contributed by atoms with E-state index in [1.54, 1.807) is 13.0 Å². The lowest BCUT2D eigenvalue weighted by atomic mass is 10.2. The number of benzene rings is 1. The first kappa shape index (κ1) is 15.4. The lowest BCUT2D eigenvalue weighted by molar-refractivity contribution is -0.124. The first-order chi connectivity index (χ1) is 9.61. The third kappa shape index (κ3) is 6.36. The van der Waals surface area contributed by atoms with Crippen molar-refractivity contribution in [2.45, 2.75) is 19.4 Å². The molecular formula is C15H17N3O2. The fraction of sp³-hybridized carbons (Fsp3) is 0.267. The van der Waals surface area contributed by atoms with Gasteiger partial charge in [0, 0.05) is 12.1 Å². The molecule has 1 atom stereocenters. The van der Waals surface area contributed by atoms with Gasteiger partial charge in [0.15, 0.2) is 0 Å². The number of amides is 2. The highest BCUT2D eigenvalue weighted by Crippen LogP contribution is 2.00. The van der Waals surface area contributed by atoms with E-state index in [1.807, 2.05) is 36.4 Å². The molecule has 104 valence electrons. The van der Waals surface area contributed by atoms with Gasteiger partial charge in [-0.2, -0.15) is 5.26 Å². The minimum atomic E-state index is -0.336. The smallest absolute Gasteiger partial charge is 0.244 e. The van der Waals surface area contributed by atoms with Gasteiger partial charge in [-0.05, 0) is 18.6 Å². The molecule has 0 aliphatic rings. The van der Waals surface area contributed by atoms with Crippen LogP contribution >= 0.6 is 0 Å². The molecule has 1 aromatic rings. The average Bonchev–Trinajstić information content (AvgIpc) is 2.44. The number of nitrogens with zero attached hydrogens (tertiary/aromatic N) is 1. The quantitative estimate of drug-likeness (QED) is 0.764. The molecule has 0 saturated heterocycles. The largest absolute Gasteiger partial charge is 0.351 e. The van der Waals surface area contributed by atoms with Crippen LogP contribution in [0.2, 0.25) is 0 Å². The normalized spacial score (nSPS) is 11.6. The highest BCUT2D eigenvalue weighted by atomic mass is 16.2. The van der Waals surface area contributed by atoms with Crippen LogP contribution in [0, 0.1) is 11.3 Å². The fourth-order valence-electron chi connectivity index (χ4n) is 1.48. The molecule has 0 radical (unpaired) electrons. The standard InChI is InChI=1S/C15H17N3O2/c1-12(9-10-16)18-15(20)11-17-14(19)8-7-13-5-3-2-4-6-13/h2-8,12H,9,11H2,1H3,(H,17,19)(H,18,20)/b8-7-/t12-/m0/s1. The Balaban J connectivity index is 2.31. The van der Waals surface area contributed by atoms with E-state index in [9.17, 15) is 9.59 Å². The molecule has 1 rings (SSSR count). The van der Waals surface area contributed by atoms with E-state index in [4.69, 9.17) is 5.26 Å². The van der Waals surface area contributed by atoms with Crippen LogP contribution in [0.4, 0.5) is 0 Å². The van der Waals surface area contributed by atoms with Gasteiger partial charge in [0.2, 0.25) is 11.8 Å². The SMILES string of the molecule is C[C@@H](CC#N)NC(=O)CNC(=O)/C=C\c1ccccc1. The van der Waals surface area contributed by atoms with E-state index < -0.39 is 0 Å². The molecule has 0 aromatic heterocycles. The van der Waals surface area contributed by atoms with E-state index in [0.717, 1.165) is 5.56 Å². The van der Waals surface area contributed by atoms with E-state index in [2.05, 4.69) is 10.6 Å². The van der Waals surface area contributed by atoms with Crippen LogP contribution in [-0.4, -0.2) is 24.4 Å². The van der Waals surface area contributed by atoms with Gasteiger partial charge in [-0.3, -0.25) is 9.59 Å². The van der Waals surface area contributed by atoms with Crippen molar-refractivity contribution in [1.29, 1.82) is 5.26 Å². The molecule has 2 N–H and O–H groups in total. The van der Waals surface area contributed by atoms with Crippen LogP contribution in [0.1, 0.15) is 18.9 Å². The number of nitrogens with one attached hydrogen (secondary N) is 2. The maximum Gasteiger partial charge on any atom is 0.244 e.